The van der Waals surface area contributed by atoms with Gasteiger partial charge in [0.2, 0.25) is 0 Å². The van der Waals surface area contributed by atoms with Gasteiger partial charge in [0.25, 0.3) is 0 Å². The summed E-state index contributed by atoms with van der Waals surface area (Å²) in [6.07, 6.45) is 0. The number of hydrogen-bond acceptors (Lipinski definition) is 1. The van der Waals surface area contributed by atoms with Crippen LogP contribution in [0, 0.1) is 3.57 Å². The summed E-state index contributed by atoms with van der Waals surface area (Å²) in [6, 6.07) is 15.2. The van der Waals surface area contributed by atoms with Crippen LogP contribution >= 0.6 is 34.2 Å². The van der Waals surface area contributed by atoms with E-state index in [1.807, 2.05) is 42.5 Å². The van der Waals surface area contributed by atoms with Crippen LogP contribution in [-0.2, 0) is 0 Å². The first-order valence-corrected chi connectivity index (χ1v) is 5.89. The van der Waals surface area contributed by atoms with Crippen molar-refractivity contribution in [3.05, 3.63) is 57.1 Å². The summed E-state index contributed by atoms with van der Waals surface area (Å²) in [6.45, 7) is 0. The number of benzene rings is 2. The molecular weight excluding hydrogens is 322 g/mol. The fourth-order valence-corrected chi connectivity index (χ4v) is 1.71. The zero-order valence-electron chi connectivity index (χ0n) is 7.78. The summed E-state index contributed by atoms with van der Waals surface area (Å²) in [5, 5.41) is 0.679. The summed E-state index contributed by atoms with van der Waals surface area (Å²) in [4.78, 5) is 0. The van der Waals surface area contributed by atoms with Crippen molar-refractivity contribution in [2.75, 3.05) is 0 Å². The van der Waals surface area contributed by atoms with E-state index in [0.717, 1.165) is 11.5 Å². The molecule has 0 radical (unpaired) electrons. The van der Waals surface area contributed by atoms with E-state index in [0.29, 0.717) is 5.02 Å². The molecule has 2 aromatic rings. The molecule has 0 amide bonds. The summed E-state index contributed by atoms with van der Waals surface area (Å²) >= 11 is 8.11. The normalized spacial score (nSPS) is 10.0. The lowest BCUT2D eigenvalue weighted by molar-refractivity contribution is 0.482. The van der Waals surface area contributed by atoms with Gasteiger partial charge in [-0.25, -0.2) is 0 Å². The number of rotatable bonds is 2. The summed E-state index contributed by atoms with van der Waals surface area (Å²) in [7, 11) is 0. The van der Waals surface area contributed by atoms with Crippen LogP contribution in [0.3, 0.4) is 0 Å². The van der Waals surface area contributed by atoms with E-state index >= 15 is 0 Å². The molecule has 0 saturated carbocycles. The van der Waals surface area contributed by atoms with E-state index in [1.54, 1.807) is 6.07 Å². The van der Waals surface area contributed by atoms with Gasteiger partial charge in [0.1, 0.15) is 11.5 Å². The van der Waals surface area contributed by atoms with Gasteiger partial charge in [0.05, 0.1) is 0 Å². The SMILES string of the molecule is Clc1cccc(Oc2ccc(I)cc2)c1. The minimum Gasteiger partial charge on any atom is -0.457 e. The molecule has 0 bridgehead atoms. The van der Waals surface area contributed by atoms with Crippen LogP contribution < -0.4 is 4.74 Å². The third-order valence-electron chi connectivity index (χ3n) is 1.85. The van der Waals surface area contributed by atoms with Crippen LogP contribution in [-0.4, -0.2) is 0 Å². The van der Waals surface area contributed by atoms with Crippen LogP contribution in [0.5, 0.6) is 11.5 Å². The molecular formula is C12H8ClIO. The minimum absolute atomic E-state index is 0.679. The molecule has 0 aliphatic carbocycles. The van der Waals surface area contributed by atoms with Gasteiger partial charge >= 0.3 is 0 Å². The van der Waals surface area contributed by atoms with Crippen LogP contribution in [0.15, 0.2) is 48.5 Å². The van der Waals surface area contributed by atoms with Crippen LogP contribution in [0.1, 0.15) is 0 Å². The first-order chi connectivity index (χ1) is 7.24. The third kappa shape index (κ3) is 3.11. The molecule has 0 fully saturated rings. The number of ether oxygens (including phenoxy) is 1. The first-order valence-electron chi connectivity index (χ1n) is 4.43. The van der Waals surface area contributed by atoms with E-state index in [9.17, 15) is 0 Å². The third-order valence-corrected chi connectivity index (χ3v) is 2.80. The molecule has 3 heteroatoms. The second kappa shape index (κ2) is 4.86. The fourth-order valence-electron chi connectivity index (χ4n) is 1.17. The molecule has 0 aliphatic rings. The molecule has 1 nitrogen and oxygen atoms in total. The van der Waals surface area contributed by atoms with Crippen LogP contribution in [0.4, 0.5) is 0 Å². The van der Waals surface area contributed by atoms with Crippen LogP contribution in [0.25, 0.3) is 0 Å². The summed E-state index contributed by atoms with van der Waals surface area (Å²) < 4.78 is 6.81. The van der Waals surface area contributed by atoms with Gasteiger partial charge in [0.15, 0.2) is 0 Å². The van der Waals surface area contributed by atoms with Gasteiger partial charge in [-0.2, -0.15) is 0 Å². The highest BCUT2D eigenvalue weighted by Gasteiger charge is 1.97. The maximum atomic E-state index is 5.86. The van der Waals surface area contributed by atoms with Crippen molar-refractivity contribution in [3.63, 3.8) is 0 Å². The Labute approximate surface area is 107 Å². The van der Waals surface area contributed by atoms with Crippen molar-refractivity contribution in [1.82, 2.24) is 0 Å². The standard InChI is InChI=1S/C12H8ClIO/c13-9-2-1-3-12(8-9)15-11-6-4-10(14)5-7-11/h1-8H. The molecule has 0 N–H and O–H groups in total. The first kappa shape index (κ1) is 10.8. The summed E-state index contributed by atoms with van der Waals surface area (Å²) in [5.41, 5.74) is 0. The second-order valence-corrected chi connectivity index (χ2v) is 4.70. The second-order valence-electron chi connectivity index (χ2n) is 3.01. The van der Waals surface area contributed by atoms with Crippen molar-refractivity contribution in [1.29, 1.82) is 0 Å². The van der Waals surface area contributed by atoms with E-state index in [4.69, 9.17) is 16.3 Å². The molecule has 0 aliphatic heterocycles. The Morgan fingerprint density at radius 3 is 2.33 bits per heavy atom. The zero-order chi connectivity index (χ0) is 10.7. The molecule has 0 aromatic heterocycles. The highest BCUT2D eigenvalue weighted by molar-refractivity contribution is 14.1. The predicted molar refractivity (Wildman–Crippen MR) is 70.7 cm³/mol. The smallest absolute Gasteiger partial charge is 0.128 e. The van der Waals surface area contributed by atoms with Crippen molar-refractivity contribution in [3.8, 4) is 11.5 Å². The lowest BCUT2D eigenvalue weighted by atomic mass is 10.3. The van der Waals surface area contributed by atoms with E-state index in [1.165, 1.54) is 3.57 Å². The zero-order valence-corrected chi connectivity index (χ0v) is 10.7. The molecule has 0 atom stereocenters. The average molecular weight is 331 g/mol. The molecule has 0 heterocycles. The van der Waals surface area contributed by atoms with E-state index in [-0.39, 0.29) is 0 Å². The van der Waals surface area contributed by atoms with Gasteiger partial charge in [-0.3, -0.25) is 0 Å². The fraction of sp³-hybridized carbons (Fsp3) is 0. The Morgan fingerprint density at radius 1 is 0.933 bits per heavy atom. The number of hydrogen-bond donors (Lipinski definition) is 0. The average Bonchev–Trinajstić information content (AvgIpc) is 2.22. The molecule has 0 spiro atoms. The molecule has 0 unspecified atom stereocenters. The number of halogens is 2. The minimum atomic E-state index is 0.679. The van der Waals surface area contributed by atoms with Crippen molar-refractivity contribution in [2.24, 2.45) is 0 Å². The Balaban J connectivity index is 2.18. The Hall–Kier alpha value is -0.740. The van der Waals surface area contributed by atoms with Gasteiger partial charge in [-0.15, -0.1) is 0 Å². The highest BCUT2D eigenvalue weighted by Crippen LogP contribution is 2.24. The van der Waals surface area contributed by atoms with Crippen LogP contribution in [0.2, 0.25) is 5.02 Å². The topological polar surface area (TPSA) is 9.23 Å². The van der Waals surface area contributed by atoms with Gasteiger partial charge in [-0.1, -0.05) is 17.7 Å². The molecule has 0 saturated heterocycles. The van der Waals surface area contributed by atoms with Crippen molar-refractivity contribution in [2.45, 2.75) is 0 Å². The molecule has 2 rings (SSSR count). The molecule has 76 valence electrons. The molecule has 2 aromatic carbocycles. The quantitative estimate of drug-likeness (QED) is 0.723. The van der Waals surface area contributed by atoms with Gasteiger partial charge < -0.3 is 4.74 Å². The Bertz CT molecular complexity index is 453. The lowest BCUT2D eigenvalue weighted by Crippen LogP contribution is -1.83. The summed E-state index contributed by atoms with van der Waals surface area (Å²) in [5.74, 6) is 1.57. The van der Waals surface area contributed by atoms with E-state index < -0.39 is 0 Å². The highest BCUT2D eigenvalue weighted by atomic mass is 127. The van der Waals surface area contributed by atoms with Gasteiger partial charge in [-0.05, 0) is 65.1 Å². The Morgan fingerprint density at radius 2 is 1.67 bits per heavy atom. The van der Waals surface area contributed by atoms with Crippen molar-refractivity contribution < 1.29 is 4.74 Å². The van der Waals surface area contributed by atoms with Crippen molar-refractivity contribution >= 4 is 34.2 Å². The Kier molecular flexibility index (Phi) is 3.49. The molecule has 15 heavy (non-hydrogen) atoms. The predicted octanol–water partition coefficient (Wildman–Crippen LogP) is 4.74. The van der Waals surface area contributed by atoms with E-state index in [2.05, 4.69) is 22.6 Å². The maximum Gasteiger partial charge on any atom is 0.128 e. The largest absolute Gasteiger partial charge is 0.457 e. The maximum absolute atomic E-state index is 5.86. The lowest BCUT2D eigenvalue weighted by Gasteiger charge is -2.05. The van der Waals surface area contributed by atoms with Gasteiger partial charge in [0, 0.05) is 8.59 Å². The monoisotopic (exact) mass is 330 g/mol.